The van der Waals surface area contributed by atoms with Crippen molar-refractivity contribution in [1.29, 1.82) is 0 Å². The van der Waals surface area contributed by atoms with Crippen LogP contribution in [-0.2, 0) is 43.2 Å². The smallest absolute Gasteiger partial charge is 0.324 e. The number of nitrogens with one attached hydrogen (secondary N) is 1. The van der Waals surface area contributed by atoms with Crippen molar-refractivity contribution in [3.8, 4) is 22.5 Å². The number of benzene rings is 1. The summed E-state index contributed by atoms with van der Waals surface area (Å²) in [5, 5.41) is 5.51. The van der Waals surface area contributed by atoms with Crippen molar-refractivity contribution in [3.05, 3.63) is 58.2 Å². The van der Waals surface area contributed by atoms with Crippen molar-refractivity contribution in [1.82, 2.24) is 34.8 Å². The zero-order valence-corrected chi connectivity index (χ0v) is 34.9. The Bertz CT molecular complexity index is 2080. The number of methoxy groups -OCH3 is 1. The maximum atomic E-state index is 14.4. The number of hydrazine groups is 1. The van der Waals surface area contributed by atoms with E-state index in [0.717, 1.165) is 69.3 Å². The third kappa shape index (κ3) is 8.00. The molecule has 56 heavy (non-hydrogen) atoms. The number of nitrogens with zero attached hydrogens (tertiary/aromatic N) is 6. The summed E-state index contributed by atoms with van der Waals surface area (Å²) in [6, 6.07) is 10.0. The van der Waals surface area contributed by atoms with E-state index < -0.39 is 17.4 Å². The zero-order valence-electron chi connectivity index (χ0n) is 34.1. The largest absolute Gasteiger partial charge is 0.464 e. The van der Waals surface area contributed by atoms with Gasteiger partial charge in [-0.25, -0.2) is 10.4 Å². The fourth-order valence-electron chi connectivity index (χ4n) is 9.07. The molecule has 6 heterocycles. The Labute approximate surface area is 334 Å². The van der Waals surface area contributed by atoms with E-state index in [1.165, 1.54) is 11.3 Å². The molecule has 0 spiro atoms. The van der Waals surface area contributed by atoms with Gasteiger partial charge in [0.1, 0.15) is 6.04 Å². The quantitative estimate of drug-likeness (QED) is 0.226. The number of hydrogen-bond donors (Lipinski definition) is 1. The van der Waals surface area contributed by atoms with E-state index in [1.54, 1.807) is 12.1 Å². The van der Waals surface area contributed by atoms with E-state index in [-0.39, 0.29) is 49.0 Å². The standard InChI is InChI=1S/C43H57N7O5S/c1-9-48-36-15-14-29-18-32(36)33(40(48)31-12-10-16-44-39(31)28(4)54-8)21-43(5,6)25-55-42(53)34-13-11-17-49(46-34)41(52)30(19-37-45-35(29)24-56-37)20-38(51)50-26(2)22-47(7)23-27(50)3/h10,12,14-16,18,24,26-28,30,34,46H,9,11,13,17,19-23,25H2,1-8H3/t26-,27-,28-,30?,34-/m0/s1. The number of carbonyl (C=O) groups is 3. The fraction of sp³-hybridized carbons (Fsp3) is 0.558. The summed E-state index contributed by atoms with van der Waals surface area (Å²) in [7, 11) is 3.78. The third-order valence-electron chi connectivity index (χ3n) is 11.7. The van der Waals surface area contributed by atoms with E-state index in [9.17, 15) is 14.4 Å². The molecule has 3 aromatic heterocycles. The first-order valence-corrected chi connectivity index (χ1v) is 21.0. The normalized spacial score (nSPS) is 24.2. The van der Waals surface area contributed by atoms with Crippen LogP contribution in [0.2, 0.25) is 0 Å². The van der Waals surface area contributed by atoms with E-state index in [2.05, 4.69) is 86.2 Å². The van der Waals surface area contributed by atoms with Crippen molar-refractivity contribution in [2.24, 2.45) is 11.3 Å². The Morgan fingerprint density at radius 1 is 1.16 bits per heavy atom. The number of pyridine rings is 1. The molecule has 5 atom stereocenters. The van der Waals surface area contributed by atoms with Gasteiger partial charge < -0.3 is 23.8 Å². The van der Waals surface area contributed by atoms with E-state index >= 15 is 0 Å². The van der Waals surface area contributed by atoms with Crippen LogP contribution in [0.4, 0.5) is 0 Å². The molecule has 0 saturated carbocycles. The number of aromatic nitrogens is 3. The van der Waals surface area contributed by atoms with Crippen molar-refractivity contribution in [3.63, 3.8) is 0 Å². The Balaban J connectivity index is 1.33. The molecule has 1 unspecified atom stereocenters. The van der Waals surface area contributed by atoms with Gasteiger partial charge in [-0.05, 0) is 83.8 Å². The molecule has 300 valence electrons. The molecular formula is C43H57N7O5S. The molecule has 3 aliphatic rings. The molecule has 2 saturated heterocycles. The molecule has 3 aliphatic heterocycles. The summed E-state index contributed by atoms with van der Waals surface area (Å²) in [6.45, 7) is 15.5. The molecule has 6 bridgehead atoms. The number of thiazole rings is 1. The molecular weight excluding hydrogens is 727 g/mol. The highest BCUT2D eigenvalue weighted by molar-refractivity contribution is 7.10. The molecule has 1 N–H and O–H groups in total. The summed E-state index contributed by atoms with van der Waals surface area (Å²) < 4.78 is 14.3. The number of fused-ring (bicyclic) bond motifs is 6. The lowest BCUT2D eigenvalue weighted by atomic mass is 9.84. The van der Waals surface area contributed by atoms with Gasteiger partial charge in [0.05, 0.1) is 40.7 Å². The van der Waals surface area contributed by atoms with E-state index in [0.29, 0.717) is 32.2 Å². The molecule has 13 heteroatoms. The van der Waals surface area contributed by atoms with Crippen LogP contribution in [0.25, 0.3) is 33.4 Å². The second-order valence-electron chi connectivity index (χ2n) is 16.8. The van der Waals surface area contributed by atoms with Crippen LogP contribution >= 0.6 is 11.3 Å². The number of rotatable bonds is 6. The van der Waals surface area contributed by atoms with E-state index in [1.807, 2.05) is 24.1 Å². The van der Waals surface area contributed by atoms with Crippen LogP contribution in [-0.4, -0.2) is 106 Å². The Hall–Kier alpha value is -4.17. The lowest BCUT2D eigenvalue weighted by molar-refractivity contribution is -0.156. The van der Waals surface area contributed by atoms with Crippen LogP contribution in [0.1, 0.15) is 83.2 Å². The number of aryl methyl sites for hydroxylation is 1. The number of carbonyl (C=O) groups excluding carboxylic acids is 3. The Morgan fingerprint density at radius 3 is 2.66 bits per heavy atom. The maximum absolute atomic E-state index is 14.4. The predicted octanol–water partition coefficient (Wildman–Crippen LogP) is 6.28. The zero-order chi connectivity index (χ0) is 39.9. The molecule has 0 radical (unpaired) electrons. The molecule has 1 aromatic carbocycles. The first-order chi connectivity index (χ1) is 26.8. The van der Waals surface area contributed by atoms with E-state index in [4.69, 9.17) is 19.4 Å². The van der Waals surface area contributed by atoms with Gasteiger partial charge in [-0.1, -0.05) is 19.9 Å². The summed E-state index contributed by atoms with van der Waals surface area (Å²) in [4.78, 5) is 56.3. The van der Waals surface area contributed by atoms with Crippen molar-refractivity contribution >= 4 is 40.0 Å². The monoisotopic (exact) mass is 783 g/mol. The average Bonchev–Trinajstić information content (AvgIpc) is 3.77. The van der Waals surface area contributed by atoms with Gasteiger partial charge in [0.2, 0.25) is 11.8 Å². The third-order valence-corrected chi connectivity index (χ3v) is 12.6. The molecule has 7 rings (SSSR count). The van der Waals surface area contributed by atoms with Crippen LogP contribution in [0.5, 0.6) is 0 Å². The topological polar surface area (TPSA) is 122 Å². The lowest BCUT2D eigenvalue weighted by Gasteiger charge is -2.44. The van der Waals surface area contributed by atoms with Crippen molar-refractivity contribution < 1.29 is 23.9 Å². The maximum Gasteiger partial charge on any atom is 0.324 e. The van der Waals surface area contributed by atoms with Crippen LogP contribution in [0.15, 0.2) is 41.9 Å². The van der Waals surface area contributed by atoms with Gasteiger partial charge in [0, 0.05) is 97.2 Å². The van der Waals surface area contributed by atoms with Gasteiger partial charge in [0.25, 0.3) is 0 Å². The number of esters is 1. The number of cyclic esters (lactones) is 1. The minimum atomic E-state index is -0.670. The Kier molecular flexibility index (Phi) is 11.7. The van der Waals surface area contributed by atoms with Crippen LogP contribution in [0, 0.1) is 11.3 Å². The minimum absolute atomic E-state index is 0.0311. The van der Waals surface area contributed by atoms with Gasteiger partial charge in [-0.3, -0.25) is 24.4 Å². The number of amides is 2. The molecule has 2 fully saturated rings. The Morgan fingerprint density at radius 2 is 1.93 bits per heavy atom. The van der Waals surface area contributed by atoms with Gasteiger partial charge >= 0.3 is 5.97 Å². The van der Waals surface area contributed by atoms with Gasteiger partial charge in [-0.2, -0.15) is 0 Å². The first kappa shape index (κ1) is 40.0. The second kappa shape index (κ2) is 16.4. The summed E-state index contributed by atoms with van der Waals surface area (Å²) in [6.07, 6.45) is 3.80. The highest BCUT2D eigenvalue weighted by Gasteiger charge is 2.38. The number of ether oxygens (including phenoxy) is 2. The lowest BCUT2D eigenvalue weighted by Crippen LogP contribution is -2.59. The molecule has 0 aliphatic carbocycles. The highest BCUT2D eigenvalue weighted by Crippen LogP contribution is 2.42. The summed E-state index contributed by atoms with van der Waals surface area (Å²) >= 11 is 1.52. The van der Waals surface area contributed by atoms with Crippen LogP contribution in [0.3, 0.4) is 0 Å². The molecule has 4 aromatic rings. The van der Waals surface area contributed by atoms with Crippen molar-refractivity contribution in [2.75, 3.05) is 40.4 Å². The summed E-state index contributed by atoms with van der Waals surface area (Å²) in [5.74, 6) is -1.26. The summed E-state index contributed by atoms with van der Waals surface area (Å²) in [5.41, 5.74) is 9.79. The SMILES string of the molecule is CCn1c(-c2cccnc2[C@H](C)OC)c2c3cc(ccc31)-c1csc(n1)CC(CC(=O)N1[C@@H](C)CN(C)C[C@@H]1C)C(=O)N1CCC[C@H](N1)C(=O)OCC(C)(C)C2. The van der Waals surface area contributed by atoms with Crippen molar-refractivity contribution in [2.45, 2.75) is 104 Å². The number of likely N-dealkylation sites (N-methyl/N-ethyl adjacent to an activating group) is 1. The number of piperazine rings is 1. The highest BCUT2D eigenvalue weighted by atomic mass is 32.1. The predicted molar refractivity (Wildman–Crippen MR) is 219 cm³/mol. The molecule has 12 nitrogen and oxygen atoms in total. The van der Waals surface area contributed by atoms with Crippen LogP contribution < -0.4 is 5.43 Å². The van der Waals surface area contributed by atoms with Gasteiger partial charge in [-0.15, -0.1) is 11.3 Å². The van der Waals surface area contributed by atoms with Gasteiger partial charge in [0.15, 0.2) is 0 Å². The molecule has 2 amide bonds. The first-order valence-electron chi connectivity index (χ1n) is 20.1. The average molecular weight is 784 g/mol. The minimum Gasteiger partial charge on any atom is -0.464 e. The second-order valence-corrected chi connectivity index (χ2v) is 17.8. The number of hydrogen-bond acceptors (Lipinski definition) is 10. The fourth-order valence-corrected chi connectivity index (χ4v) is 9.96.